The van der Waals surface area contributed by atoms with Gasteiger partial charge in [-0.15, -0.1) is 0 Å². The Hall–Kier alpha value is -2.03. The molecule has 0 aliphatic rings. The lowest BCUT2D eigenvalue weighted by Crippen LogP contribution is -1.85. The van der Waals surface area contributed by atoms with Gasteiger partial charge in [-0.3, -0.25) is 0 Å². The molecule has 0 aliphatic heterocycles. The minimum absolute atomic E-state index is 0.285. The van der Waals surface area contributed by atoms with Gasteiger partial charge in [0.25, 0.3) is 0 Å². The Bertz CT molecular complexity index is 556. The number of benzene rings is 2. The van der Waals surface area contributed by atoms with Crippen molar-refractivity contribution in [1.82, 2.24) is 0 Å². The maximum absolute atomic E-state index is 13.3. The van der Waals surface area contributed by atoms with E-state index in [4.69, 9.17) is 0 Å². The fraction of sp³-hybridized carbons (Fsp3) is 0.0667. The van der Waals surface area contributed by atoms with Crippen LogP contribution >= 0.6 is 0 Å². The van der Waals surface area contributed by atoms with E-state index in [-0.39, 0.29) is 5.82 Å². The smallest absolute Gasteiger partial charge is 0.133 e. The summed E-state index contributed by atoms with van der Waals surface area (Å²) in [6.45, 7) is 0. The van der Waals surface area contributed by atoms with Crippen molar-refractivity contribution in [3.63, 3.8) is 0 Å². The minimum Gasteiger partial charge on any atom is -0.207 e. The third-order valence-electron chi connectivity index (χ3n) is 2.53. The molecule has 0 aromatic heterocycles. The first-order valence-corrected chi connectivity index (χ1v) is 5.51. The van der Waals surface area contributed by atoms with Gasteiger partial charge in [-0.05, 0) is 36.2 Å². The van der Waals surface area contributed by atoms with Crippen LogP contribution in [0.3, 0.4) is 0 Å². The number of hydrogen-bond donors (Lipinski definition) is 0. The Balaban J connectivity index is 2.05. The molecule has 0 amide bonds. The van der Waals surface area contributed by atoms with E-state index in [1.54, 1.807) is 24.3 Å². The molecule has 0 spiro atoms. The van der Waals surface area contributed by atoms with Gasteiger partial charge < -0.3 is 0 Å². The van der Waals surface area contributed by atoms with Gasteiger partial charge in [-0.2, -0.15) is 0 Å². The first-order valence-electron chi connectivity index (χ1n) is 5.51. The molecule has 0 radical (unpaired) electrons. The summed E-state index contributed by atoms with van der Waals surface area (Å²) in [5.74, 6) is -1.47. The SMILES string of the molecule is Fc1ccc(C/C=C/c2ccc(F)cc2F)cc1. The van der Waals surface area contributed by atoms with Gasteiger partial charge in [-0.25, -0.2) is 13.2 Å². The predicted octanol–water partition coefficient (Wildman–Crippen LogP) is 4.36. The highest BCUT2D eigenvalue weighted by Crippen LogP contribution is 2.12. The molecule has 2 aromatic carbocycles. The summed E-state index contributed by atoms with van der Waals surface area (Å²) in [7, 11) is 0. The Labute approximate surface area is 103 Å². The van der Waals surface area contributed by atoms with E-state index in [9.17, 15) is 13.2 Å². The van der Waals surface area contributed by atoms with E-state index in [1.807, 2.05) is 0 Å². The van der Waals surface area contributed by atoms with Crippen LogP contribution in [0.25, 0.3) is 6.08 Å². The van der Waals surface area contributed by atoms with Gasteiger partial charge in [0.05, 0.1) is 0 Å². The van der Waals surface area contributed by atoms with Gasteiger partial charge in [0.2, 0.25) is 0 Å². The highest BCUT2D eigenvalue weighted by molar-refractivity contribution is 5.50. The molecule has 18 heavy (non-hydrogen) atoms. The van der Waals surface area contributed by atoms with E-state index in [0.717, 1.165) is 11.6 Å². The Morgan fingerprint density at radius 1 is 0.833 bits per heavy atom. The monoisotopic (exact) mass is 248 g/mol. The molecule has 2 aromatic rings. The van der Waals surface area contributed by atoms with E-state index in [2.05, 4.69) is 0 Å². The molecule has 0 fully saturated rings. The average molecular weight is 248 g/mol. The number of rotatable bonds is 3. The lowest BCUT2D eigenvalue weighted by molar-refractivity contribution is 0.581. The van der Waals surface area contributed by atoms with Crippen molar-refractivity contribution in [3.8, 4) is 0 Å². The zero-order valence-electron chi connectivity index (χ0n) is 9.54. The fourth-order valence-electron chi connectivity index (χ4n) is 1.58. The van der Waals surface area contributed by atoms with Crippen LogP contribution in [0.5, 0.6) is 0 Å². The molecule has 0 heterocycles. The van der Waals surface area contributed by atoms with Gasteiger partial charge in [0, 0.05) is 11.6 Å². The second kappa shape index (κ2) is 5.54. The maximum atomic E-state index is 13.3. The zero-order valence-corrected chi connectivity index (χ0v) is 9.54. The van der Waals surface area contributed by atoms with E-state index >= 15 is 0 Å². The summed E-state index contributed by atoms with van der Waals surface area (Å²) >= 11 is 0. The summed E-state index contributed by atoms with van der Waals surface area (Å²) in [5.41, 5.74) is 1.26. The third kappa shape index (κ3) is 3.23. The molecule has 0 N–H and O–H groups in total. The van der Waals surface area contributed by atoms with E-state index < -0.39 is 11.6 Å². The van der Waals surface area contributed by atoms with Crippen molar-refractivity contribution < 1.29 is 13.2 Å². The molecule has 92 valence electrons. The largest absolute Gasteiger partial charge is 0.207 e. The van der Waals surface area contributed by atoms with E-state index in [1.165, 1.54) is 24.3 Å². The molecular weight excluding hydrogens is 237 g/mol. The van der Waals surface area contributed by atoms with Gasteiger partial charge in [-0.1, -0.05) is 24.3 Å². The first kappa shape index (κ1) is 12.4. The summed E-state index contributed by atoms with van der Waals surface area (Å²) in [6, 6.07) is 9.52. The average Bonchev–Trinajstić information content (AvgIpc) is 2.34. The van der Waals surface area contributed by atoms with E-state index in [0.29, 0.717) is 12.0 Å². The van der Waals surface area contributed by atoms with Crippen LogP contribution in [0.1, 0.15) is 11.1 Å². The van der Waals surface area contributed by atoms with Crippen molar-refractivity contribution in [2.45, 2.75) is 6.42 Å². The zero-order chi connectivity index (χ0) is 13.0. The number of hydrogen-bond acceptors (Lipinski definition) is 0. The van der Waals surface area contributed by atoms with Crippen molar-refractivity contribution in [1.29, 1.82) is 0 Å². The molecule has 0 unspecified atom stereocenters. The third-order valence-corrected chi connectivity index (χ3v) is 2.53. The summed E-state index contributed by atoms with van der Waals surface area (Å²) in [4.78, 5) is 0. The van der Waals surface area contributed by atoms with Crippen LogP contribution in [0.4, 0.5) is 13.2 Å². The lowest BCUT2D eigenvalue weighted by atomic mass is 10.1. The van der Waals surface area contributed by atoms with Crippen molar-refractivity contribution in [2.24, 2.45) is 0 Å². The Kier molecular flexibility index (Phi) is 3.82. The highest BCUT2D eigenvalue weighted by atomic mass is 19.1. The summed E-state index contributed by atoms with van der Waals surface area (Å²) in [5, 5.41) is 0. The van der Waals surface area contributed by atoms with Gasteiger partial charge in [0.1, 0.15) is 17.5 Å². The van der Waals surface area contributed by atoms with Crippen LogP contribution in [0.2, 0.25) is 0 Å². The molecule has 0 nitrogen and oxygen atoms in total. The molecule has 0 saturated heterocycles. The van der Waals surface area contributed by atoms with Crippen LogP contribution in [0.15, 0.2) is 48.5 Å². The number of allylic oxidation sites excluding steroid dienone is 1. The van der Waals surface area contributed by atoms with Crippen LogP contribution < -0.4 is 0 Å². The maximum Gasteiger partial charge on any atom is 0.133 e. The van der Waals surface area contributed by atoms with Gasteiger partial charge in [0.15, 0.2) is 0 Å². The molecule has 0 aliphatic carbocycles. The van der Waals surface area contributed by atoms with Crippen molar-refractivity contribution >= 4 is 6.08 Å². The second-order valence-corrected chi connectivity index (χ2v) is 3.90. The summed E-state index contributed by atoms with van der Waals surface area (Å²) in [6.07, 6.45) is 3.90. The second-order valence-electron chi connectivity index (χ2n) is 3.90. The predicted molar refractivity (Wildman–Crippen MR) is 65.5 cm³/mol. The van der Waals surface area contributed by atoms with Crippen molar-refractivity contribution in [2.75, 3.05) is 0 Å². The van der Waals surface area contributed by atoms with Crippen molar-refractivity contribution in [3.05, 3.63) is 77.1 Å². The highest BCUT2D eigenvalue weighted by Gasteiger charge is 1.99. The molecule has 0 saturated carbocycles. The number of halogens is 3. The topological polar surface area (TPSA) is 0 Å². The van der Waals surface area contributed by atoms with Crippen LogP contribution in [-0.2, 0) is 6.42 Å². The molecular formula is C15H11F3. The normalized spacial score (nSPS) is 11.1. The van der Waals surface area contributed by atoms with Crippen LogP contribution in [-0.4, -0.2) is 0 Å². The molecule has 0 bridgehead atoms. The Morgan fingerprint density at radius 2 is 1.50 bits per heavy atom. The quantitative estimate of drug-likeness (QED) is 0.757. The fourth-order valence-corrected chi connectivity index (χ4v) is 1.58. The Morgan fingerprint density at radius 3 is 2.17 bits per heavy atom. The summed E-state index contributed by atoms with van der Waals surface area (Å²) < 4.78 is 38.6. The molecule has 0 atom stereocenters. The molecule has 2 rings (SSSR count). The van der Waals surface area contributed by atoms with Gasteiger partial charge >= 0.3 is 0 Å². The standard InChI is InChI=1S/C15H11F3/c16-13-7-4-11(5-8-13)2-1-3-12-6-9-14(17)10-15(12)18/h1,3-10H,2H2/b3-1+. The lowest BCUT2D eigenvalue weighted by Gasteiger charge is -1.98. The first-order chi connectivity index (χ1) is 8.65. The van der Waals surface area contributed by atoms with Crippen LogP contribution in [0, 0.1) is 17.5 Å². The molecule has 3 heteroatoms. The minimum atomic E-state index is -0.594.